The predicted octanol–water partition coefficient (Wildman–Crippen LogP) is 1.04. The summed E-state index contributed by atoms with van der Waals surface area (Å²) in [5.41, 5.74) is 15.1. The molecule has 0 aliphatic carbocycles. The van der Waals surface area contributed by atoms with Gasteiger partial charge in [0.2, 0.25) is 5.91 Å². The first kappa shape index (κ1) is 22.5. The molecule has 11 heteroatoms. The zero-order valence-electron chi connectivity index (χ0n) is 17.0. The number of likely N-dealkylation sites (tertiary alicyclic amines) is 1. The Morgan fingerprint density at radius 3 is 2.87 bits per heavy atom. The van der Waals surface area contributed by atoms with Gasteiger partial charge in [-0.3, -0.25) is 4.79 Å². The Hall–Kier alpha value is -2.14. The van der Waals surface area contributed by atoms with E-state index < -0.39 is 31.1 Å². The Morgan fingerprint density at radius 1 is 1.50 bits per heavy atom. The summed E-state index contributed by atoms with van der Waals surface area (Å²) in [4.78, 5) is 17.2. The van der Waals surface area contributed by atoms with Gasteiger partial charge < -0.3 is 30.2 Å². The van der Waals surface area contributed by atoms with Crippen LogP contribution in [0.2, 0.25) is 6.32 Å². The van der Waals surface area contributed by atoms with Crippen LogP contribution in [0.4, 0.5) is 0 Å². The van der Waals surface area contributed by atoms with E-state index in [4.69, 9.17) is 25.3 Å². The molecule has 0 aromatic heterocycles. The molecule has 4 N–H and O–H groups in total. The quantitative estimate of drug-likeness (QED) is 0.170. The highest BCUT2D eigenvalue weighted by molar-refractivity contribution is 6.40. The largest absolute Gasteiger partial charge is 0.451 e. The number of benzene rings is 1. The van der Waals surface area contributed by atoms with Gasteiger partial charge in [-0.05, 0) is 36.7 Å². The molecular formula is C19H28BN5O5. The lowest BCUT2D eigenvalue weighted by Crippen LogP contribution is -2.45. The molecule has 1 amide bonds. The van der Waals surface area contributed by atoms with E-state index in [-0.39, 0.29) is 24.7 Å². The number of hydrogen-bond donors (Lipinski definition) is 3. The third kappa shape index (κ3) is 5.12. The molecule has 30 heavy (non-hydrogen) atoms. The van der Waals surface area contributed by atoms with Crippen molar-refractivity contribution in [2.24, 2.45) is 16.8 Å². The summed E-state index contributed by atoms with van der Waals surface area (Å²) in [6.07, 6.45) is 0.237. The maximum atomic E-state index is 12.5. The number of azide groups is 1. The van der Waals surface area contributed by atoms with Crippen LogP contribution in [-0.4, -0.2) is 65.0 Å². The number of epoxide rings is 1. The average molecular weight is 417 g/mol. The van der Waals surface area contributed by atoms with Gasteiger partial charge >= 0.3 is 7.12 Å². The maximum Gasteiger partial charge on any atom is 0.451 e. The monoisotopic (exact) mass is 417 g/mol. The van der Waals surface area contributed by atoms with E-state index in [1.807, 2.05) is 30.3 Å². The van der Waals surface area contributed by atoms with Crippen LogP contribution in [0.3, 0.4) is 0 Å². The van der Waals surface area contributed by atoms with Crippen molar-refractivity contribution in [1.29, 1.82) is 0 Å². The molecule has 0 bridgehead atoms. The van der Waals surface area contributed by atoms with E-state index in [1.165, 1.54) is 0 Å². The molecule has 1 aromatic carbocycles. The second-order valence-electron chi connectivity index (χ2n) is 8.02. The van der Waals surface area contributed by atoms with E-state index >= 15 is 0 Å². The van der Waals surface area contributed by atoms with Gasteiger partial charge in [0.05, 0.1) is 12.6 Å². The molecule has 2 saturated heterocycles. The number of nitrogens with two attached hydrogens (primary N) is 1. The van der Waals surface area contributed by atoms with Crippen LogP contribution in [0, 0.1) is 5.92 Å². The van der Waals surface area contributed by atoms with Crippen molar-refractivity contribution in [2.75, 3.05) is 13.1 Å². The lowest BCUT2D eigenvalue weighted by molar-refractivity contribution is -0.131. The number of ether oxygens (including phenoxy) is 2. The second-order valence-corrected chi connectivity index (χ2v) is 8.02. The van der Waals surface area contributed by atoms with Crippen molar-refractivity contribution in [3.8, 4) is 0 Å². The van der Waals surface area contributed by atoms with Crippen molar-refractivity contribution in [2.45, 2.75) is 56.7 Å². The number of rotatable bonds is 10. The Kier molecular flexibility index (Phi) is 7.35. The molecule has 0 spiro atoms. The van der Waals surface area contributed by atoms with Crippen LogP contribution in [0.5, 0.6) is 0 Å². The zero-order chi connectivity index (χ0) is 21.7. The molecule has 3 unspecified atom stereocenters. The van der Waals surface area contributed by atoms with E-state index in [0.717, 1.165) is 5.56 Å². The number of hydrogen-bond acceptors (Lipinski definition) is 7. The number of nitrogens with zero attached hydrogens (tertiary/aromatic N) is 4. The standard InChI is InChI=1S/C19H28BN5O5/c1-13(21)17(26)25-10-15(8-5-9-20(27)28)19(12-25,23-24-22)16-18(30-16)29-11-14-6-3-2-4-7-14/h2-4,6-7,13,15-16,18,27-28H,5,8-12,21H2,1H3/t13-,15-,16?,18?,19?/m0/s1. The van der Waals surface area contributed by atoms with Crippen molar-refractivity contribution < 1.29 is 24.3 Å². The van der Waals surface area contributed by atoms with E-state index in [1.54, 1.807) is 11.8 Å². The molecule has 2 heterocycles. The van der Waals surface area contributed by atoms with Crippen LogP contribution >= 0.6 is 0 Å². The van der Waals surface area contributed by atoms with E-state index in [0.29, 0.717) is 26.0 Å². The van der Waals surface area contributed by atoms with E-state index in [9.17, 15) is 10.3 Å². The summed E-state index contributed by atoms with van der Waals surface area (Å²) < 4.78 is 11.6. The summed E-state index contributed by atoms with van der Waals surface area (Å²) in [6, 6.07) is 8.99. The zero-order valence-corrected chi connectivity index (χ0v) is 17.0. The van der Waals surface area contributed by atoms with Crippen molar-refractivity contribution in [3.63, 3.8) is 0 Å². The van der Waals surface area contributed by atoms with Gasteiger partial charge in [-0.2, -0.15) is 0 Å². The minimum Gasteiger partial charge on any atom is -0.427 e. The maximum absolute atomic E-state index is 12.5. The van der Waals surface area contributed by atoms with Gasteiger partial charge in [0.15, 0.2) is 6.29 Å². The Labute approximate surface area is 175 Å². The van der Waals surface area contributed by atoms with Crippen LogP contribution in [0.25, 0.3) is 10.4 Å². The summed E-state index contributed by atoms with van der Waals surface area (Å²) in [5.74, 6) is -0.426. The molecule has 5 atom stereocenters. The normalized spacial score (nSPS) is 28.7. The van der Waals surface area contributed by atoms with Crippen LogP contribution in [0.1, 0.15) is 25.3 Å². The van der Waals surface area contributed by atoms with Gasteiger partial charge in [-0.1, -0.05) is 41.9 Å². The number of carbonyl (C=O) groups is 1. The minimum absolute atomic E-state index is 0.194. The van der Waals surface area contributed by atoms with Crippen molar-refractivity contribution in [3.05, 3.63) is 46.3 Å². The average Bonchev–Trinajstić information content (AvgIpc) is 3.42. The Balaban J connectivity index is 1.74. The molecule has 162 valence electrons. The highest BCUT2D eigenvalue weighted by Crippen LogP contribution is 2.47. The molecule has 10 nitrogen and oxygen atoms in total. The predicted molar refractivity (Wildman–Crippen MR) is 110 cm³/mol. The molecule has 3 rings (SSSR count). The third-order valence-electron chi connectivity index (χ3n) is 5.74. The molecule has 2 aliphatic rings. The van der Waals surface area contributed by atoms with Gasteiger partial charge in [0.1, 0.15) is 11.6 Å². The van der Waals surface area contributed by atoms with Crippen molar-refractivity contribution >= 4 is 13.0 Å². The highest BCUT2D eigenvalue weighted by Gasteiger charge is 2.62. The van der Waals surface area contributed by atoms with Gasteiger partial charge in [0, 0.05) is 18.0 Å². The summed E-state index contributed by atoms with van der Waals surface area (Å²) in [5, 5.41) is 22.4. The molecule has 0 radical (unpaired) electrons. The molecule has 2 aliphatic heterocycles. The summed E-state index contributed by atoms with van der Waals surface area (Å²) in [7, 11) is -1.40. The SMILES string of the molecule is C[C@H](N)C(=O)N1C[C@H](CCCB(O)O)C(N=[N+]=[N-])(C2OC2OCc2ccccc2)C1. The Morgan fingerprint density at radius 2 is 2.23 bits per heavy atom. The molecule has 2 fully saturated rings. The first-order valence-electron chi connectivity index (χ1n) is 10.1. The smallest absolute Gasteiger partial charge is 0.427 e. The number of amides is 1. The minimum atomic E-state index is -1.40. The van der Waals surface area contributed by atoms with Crippen LogP contribution in [-0.2, 0) is 20.9 Å². The van der Waals surface area contributed by atoms with Gasteiger partial charge in [-0.25, -0.2) is 0 Å². The summed E-state index contributed by atoms with van der Waals surface area (Å²) in [6.45, 7) is 2.54. The lowest BCUT2D eigenvalue weighted by atomic mass is 9.77. The number of carbonyl (C=O) groups excluding carboxylic acids is 1. The van der Waals surface area contributed by atoms with Crippen molar-refractivity contribution in [1.82, 2.24) is 4.90 Å². The van der Waals surface area contributed by atoms with Gasteiger partial charge in [0.25, 0.3) is 0 Å². The first-order valence-corrected chi connectivity index (χ1v) is 10.1. The lowest BCUT2D eigenvalue weighted by Gasteiger charge is -2.28. The Bertz CT molecular complexity index is 776. The van der Waals surface area contributed by atoms with E-state index in [2.05, 4.69) is 10.0 Å². The van der Waals surface area contributed by atoms with Crippen LogP contribution < -0.4 is 5.73 Å². The molecule has 0 saturated carbocycles. The second kappa shape index (κ2) is 9.78. The fourth-order valence-corrected chi connectivity index (χ4v) is 4.18. The molecule has 1 aromatic rings. The fraction of sp³-hybridized carbons (Fsp3) is 0.632. The van der Waals surface area contributed by atoms with Gasteiger partial charge in [-0.15, -0.1) is 0 Å². The highest BCUT2D eigenvalue weighted by atomic mass is 16.8. The van der Waals surface area contributed by atoms with Crippen LogP contribution in [0.15, 0.2) is 35.4 Å². The first-order chi connectivity index (χ1) is 14.4. The summed E-state index contributed by atoms with van der Waals surface area (Å²) >= 11 is 0. The fourth-order valence-electron chi connectivity index (χ4n) is 4.18. The third-order valence-corrected chi connectivity index (χ3v) is 5.74. The molecular weight excluding hydrogens is 389 g/mol. The topological polar surface area (TPSA) is 157 Å².